The van der Waals surface area contributed by atoms with Crippen LogP contribution in [0.15, 0.2) is 24.3 Å². The second-order valence-corrected chi connectivity index (χ2v) is 8.59. The van der Waals surface area contributed by atoms with Crippen LogP contribution in [0.4, 0.5) is 10.5 Å². The molecule has 158 valence electrons. The summed E-state index contributed by atoms with van der Waals surface area (Å²) in [5.74, 6) is -0.272. The van der Waals surface area contributed by atoms with Crippen molar-refractivity contribution < 1.29 is 23.9 Å². The van der Waals surface area contributed by atoms with Gasteiger partial charge in [0.1, 0.15) is 17.5 Å². The maximum absolute atomic E-state index is 12.1. The molecule has 0 aromatic heterocycles. The fourth-order valence-electron chi connectivity index (χ4n) is 3.53. The third kappa shape index (κ3) is 5.40. The Balaban J connectivity index is 1.50. The number of carbonyl (C=O) groups excluding carboxylic acids is 3. The molecule has 2 aliphatic rings. The fourth-order valence-corrected chi connectivity index (χ4v) is 3.53. The zero-order chi connectivity index (χ0) is 21.2. The van der Waals surface area contributed by atoms with E-state index in [-0.39, 0.29) is 24.5 Å². The van der Waals surface area contributed by atoms with Gasteiger partial charge in [-0.3, -0.25) is 9.59 Å². The molecule has 2 heterocycles. The normalized spacial score (nSPS) is 20.7. The van der Waals surface area contributed by atoms with Crippen molar-refractivity contribution >= 4 is 23.6 Å². The van der Waals surface area contributed by atoms with Crippen LogP contribution in [-0.2, 0) is 14.3 Å². The average molecular weight is 403 g/mol. The first-order valence-electron chi connectivity index (χ1n) is 9.97. The molecule has 0 saturated carbocycles. The van der Waals surface area contributed by atoms with E-state index in [0.29, 0.717) is 25.4 Å². The molecule has 0 spiro atoms. The van der Waals surface area contributed by atoms with Crippen molar-refractivity contribution in [3.63, 3.8) is 0 Å². The first kappa shape index (κ1) is 21.0. The van der Waals surface area contributed by atoms with Gasteiger partial charge in [-0.1, -0.05) is 0 Å². The lowest BCUT2D eigenvalue weighted by Crippen LogP contribution is -2.44. The quantitative estimate of drug-likeness (QED) is 0.831. The van der Waals surface area contributed by atoms with E-state index in [4.69, 9.17) is 15.2 Å². The standard InChI is InChI=1S/C21H29N3O5/c1-21(2,3)29-20(27)23-10-8-17(9-11-23)28-16-6-4-15(5-7-16)24-13-14(19(22)26)12-18(24)25/h4-7,14,17H,8-13H2,1-3H3,(H2,22,26). The van der Waals surface area contributed by atoms with Crippen molar-refractivity contribution in [1.29, 1.82) is 0 Å². The number of piperidine rings is 1. The smallest absolute Gasteiger partial charge is 0.410 e. The molecule has 3 rings (SSSR count). The number of likely N-dealkylation sites (tertiary alicyclic amines) is 1. The summed E-state index contributed by atoms with van der Waals surface area (Å²) in [6.45, 7) is 7.07. The highest BCUT2D eigenvalue weighted by Crippen LogP contribution is 2.28. The summed E-state index contributed by atoms with van der Waals surface area (Å²) >= 11 is 0. The highest BCUT2D eigenvalue weighted by molar-refractivity contribution is 6.00. The molecule has 29 heavy (non-hydrogen) atoms. The molecule has 2 fully saturated rings. The molecule has 0 radical (unpaired) electrons. The van der Waals surface area contributed by atoms with Gasteiger partial charge in [-0.25, -0.2) is 4.79 Å². The van der Waals surface area contributed by atoms with Crippen LogP contribution in [-0.4, -0.2) is 54.1 Å². The van der Waals surface area contributed by atoms with Crippen molar-refractivity contribution in [2.45, 2.75) is 51.7 Å². The maximum Gasteiger partial charge on any atom is 0.410 e. The minimum Gasteiger partial charge on any atom is -0.490 e. The first-order chi connectivity index (χ1) is 13.6. The molecule has 0 bridgehead atoms. The summed E-state index contributed by atoms with van der Waals surface area (Å²) in [5, 5.41) is 0. The van der Waals surface area contributed by atoms with Crippen molar-refractivity contribution in [3.05, 3.63) is 24.3 Å². The summed E-state index contributed by atoms with van der Waals surface area (Å²) in [6.07, 6.45) is 1.35. The van der Waals surface area contributed by atoms with E-state index in [2.05, 4.69) is 0 Å². The van der Waals surface area contributed by atoms with Gasteiger partial charge in [0.05, 0.1) is 5.92 Å². The number of amides is 3. The van der Waals surface area contributed by atoms with Gasteiger partial charge < -0.3 is 25.0 Å². The number of ether oxygens (including phenoxy) is 2. The van der Waals surface area contributed by atoms with E-state index in [9.17, 15) is 14.4 Å². The van der Waals surface area contributed by atoms with Gasteiger partial charge >= 0.3 is 6.09 Å². The van der Waals surface area contributed by atoms with Crippen molar-refractivity contribution in [2.75, 3.05) is 24.5 Å². The molecule has 1 unspecified atom stereocenters. The predicted octanol–water partition coefficient (Wildman–Crippen LogP) is 2.30. The highest BCUT2D eigenvalue weighted by atomic mass is 16.6. The van der Waals surface area contributed by atoms with Gasteiger partial charge in [0.2, 0.25) is 11.8 Å². The number of nitrogens with zero attached hydrogens (tertiary/aromatic N) is 2. The molecular formula is C21H29N3O5. The minimum absolute atomic E-state index is 0.0206. The maximum atomic E-state index is 12.1. The van der Waals surface area contributed by atoms with Crippen LogP contribution in [0.3, 0.4) is 0 Å². The van der Waals surface area contributed by atoms with Crippen LogP contribution < -0.4 is 15.4 Å². The largest absolute Gasteiger partial charge is 0.490 e. The average Bonchev–Trinajstić information content (AvgIpc) is 3.04. The van der Waals surface area contributed by atoms with Crippen LogP contribution >= 0.6 is 0 Å². The van der Waals surface area contributed by atoms with Gasteiger partial charge in [-0.2, -0.15) is 0 Å². The van der Waals surface area contributed by atoms with Gasteiger partial charge in [0.25, 0.3) is 0 Å². The molecule has 3 amide bonds. The Morgan fingerprint density at radius 3 is 2.24 bits per heavy atom. The number of anilines is 1. The summed E-state index contributed by atoms with van der Waals surface area (Å²) in [6, 6.07) is 7.26. The molecule has 1 atom stereocenters. The molecule has 1 aromatic carbocycles. The van der Waals surface area contributed by atoms with E-state index in [1.165, 1.54) is 0 Å². The van der Waals surface area contributed by atoms with Gasteiger partial charge in [0.15, 0.2) is 0 Å². The van der Waals surface area contributed by atoms with E-state index in [1.54, 1.807) is 9.80 Å². The molecule has 2 aliphatic heterocycles. The topological polar surface area (TPSA) is 102 Å². The summed E-state index contributed by atoms with van der Waals surface area (Å²) < 4.78 is 11.4. The van der Waals surface area contributed by atoms with Gasteiger partial charge in [-0.15, -0.1) is 0 Å². The van der Waals surface area contributed by atoms with Crippen molar-refractivity contribution in [2.24, 2.45) is 11.7 Å². The summed E-state index contributed by atoms with van der Waals surface area (Å²) in [4.78, 5) is 38.9. The SMILES string of the molecule is CC(C)(C)OC(=O)N1CCC(Oc2ccc(N3CC(C(N)=O)CC3=O)cc2)CC1. The number of rotatable bonds is 4. The highest BCUT2D eigenvalue weighted by Gasteiger charge is 2.34. The monoisotopic (exact) mass is 403 g/mol. The van der Waals surface area contributed by atoms with Gasteiger partial charge in [-0.05, 0) is 45.0 Å². The van der Waals surface area contributed by atoms with E-state index in [1.807, 2.05) is 45.0 Å². The van der Waals surface area contributed by atoms with Crippen LogP contribution in [0.1, 0.15) is 40.0 Å². The van der Waals surface area contributed by atoms with E-state index < -0.39 is 17.4 Å². The fraction of sp³-hybridized carbons (Fsp3) is 0.571. The molecule has 2 saturated heterocycles. The number of carbonyl (C=O) groups is 3. The Labute approximate surface area is 170 Å². The van der Waals surface area contributed by atoms with Crippen molar-refractivity contribution in [1.82, 2.24) is 4.90 Å². The molecule has 8 nitrogen and oxygen atoms in total. The Bertz CT molecular complexity index is 764. The molecule has 8 heteroatoms. The zero-order valence-corrected chi connectivity index (χ0v) is 17.2. The Morgan fingerprint density at radius 1 is 1.10 bits per heavy atom. The lowest BCUT2D eigenvalue weighted by Gasteiger charge is -2.33. The minimum atomic E-state index is -0.500. The summed E-state index contributed by atoms with van der Waals surface area (Å²) in [7, 11) is 0. The van der Waals surface area contributed by atoms with Crippen molar-refractivity contribution in [3.8, 4) is 5.75 Å². The molecule has 0 aliphatic carbocycles. The van der Waals surface area contributed by atoms with Crippen LogP contribution in [0.25, 0.3) is 0 Å². The van der Waals surface area contributed by atoms with Crippen LogP contribution in [0.5, 0.6) is 5.75 Å². The van der Waals surface area contributed by atoms with E-state index >= 15 is 0 Å². The van der Waals surface area contributed by atoms with Gasteiger partial charge in [0, 0.05) is 44.6 Å². The number of nitrogens with two attached hydrogens (primary N) is 1. The second kappa shape index (κ2) is 8.31. The second-order valence-electron chi connectivity index (χ2n) is 8.59. The third-order valence-corrected chi connectivity index (χ3v) is 5.07. The Hall–Kier alpha value is -2.77. The molecule has 2 N–H and O–H groups in total. The number of benzene rings is 1. The Morgan fingerprint density at radius 2 is 1.72 bits per heavy atom. The first-order valence-corrected chi connectivity index (χ1v) is 9.97. The molecular weight excluding hydrogens is 374 g/mol. The third-order valence-electron chi connectivity index (χ3n) is 5.07. The number of hydrogen-bond donors (Lipinski definition) is 1. The van der Waals surface area contributed by atoms with Crippen LogP contribution in [0, 0.1) is 5.92 Å². The zero-order valence-electron chi connectivity index (χ0n) is 17.2. The van der Waals surface area contributed by atoms with Crippen LogP contribution in [0.2, 0.25) is 0 Å². The van der Waals surface area contributed by atoms with E-state index in [0.717, 1.165) is 18.5 Å². The Kier molecular flexibility index (Phi) is 6.00. The number of primary amides is 1. The summed E-state index contributed by atoms with van der Waals surface area (Å²) in [5.41, 5.74) is 5.54. The lowest BCUT2D eigenvalue weighted by molar-refractivity contribution is -0.123. The lowest BCUT2D eigenvalue weighted by atomic mass is 10.1. The number of hydrogen-bond acceptors (Lipinski definition) is 5. The molecule has 1 aromatic rings. The predicted molar refractivity (Wildman–Crippen MR) is 108 cm³/mol.